The van der Waals surface area contributed by atoms with Gasteiger partial charge < -0.3 is 9.47 Å². The summed E-state index contributed by atoms with van der Waals surface area (Å²) in [5, 5.41) is 0.681. The van der Waals surface area contributed by atoms with Gasteiger partial charge in [-0.2, -0.15) is 0 Å². The van der Waals surface area contributed by atoms with E-state index < -0.39 is 0 Å². The van der Waals surface area contributed by atoms with Crippen LogP contribution in [0.5, 0.6) is 5.75 Å². The molecule has 0 saturated carbocycles. The van der Waals surface area contributed by atoms with Crippen LogP contribution in [-0.4, -0.2) is 37.1 Å². The molecule has 1 unspecified atom stereocenters. The number of nitrogens with zero attached hydrogens (tertiary/aromatic N) is 1. The van der Waals surface area contributed by atoms with E-state index in [0.29, 0.717) is 24.0 Å². The minimum Gasteiger partial charge on any atom is -0.484 e. The first kappa shape index (κ1) is 28.3. The zero-order valence-corrected chi connectivity index (χ0v) is 23.4. The highest BCUT2D eigenvalue weighted by Gasteiger charge is 2.33. The van der Waals surface area contributed by atoms with E-state index in [1.807, 2.05) is 18.2 Å². The Morgan fingerprint density at radius 2 is 1.81 bits per heavy atom. The average molecular weight is 548 g/mol. The lowest BCUT2D eigenvalue weighted by Crippen LogP contribution is -2.38. The van der Waals surface area contributed by atoms with Crippen molar-refractivity contribution in [3.05, 3.63) is 52.8 Å². The fourth-order valence-electron chi connectivity index (χ4n) is 5.23. The monoisotopic (exact) mass is 547 g/mol. The Balaban J connectivity index is 1.23. The number of esters is 1. The molecule has 1 fully saturated rings. The number of likely N-dealkylation sites (tertiary alicyclic amines) is 1. The lowest BCUT2D eigenvalue weighted by atomic mass is 9.87. The van der Waals surface area contributed by atoms with Gasteiger partial charge in [-0.15, -0.1) is 0 Å². The maximum atomic E-state index is 13.9. The van der Waals surface area contributed by atoms with Crippen LogP contribution in [0.3, 0.4) is 0 Å². The summed E-state index contributed by atoms with van der Waals surface area (Å²) in [6.07, 6.45) is 10.7. The Morgan fingerprint density at radius 1 is 1.05 bits per heavy atom. The second kappa shape index (κ2) is 14.4. The van der Waals surface area contributed by atoms with Crippen LogP contribution in [0.15, 0.2) is 46.2 Å². The summed E-state index contributed by atoms with van der Waals surface area (Å²) in [7, 11) is 0. The molecule has 2 aliphatic rings. The third-order valence-corrected chi connectivity index (χ3v) is 8.74. The molecule has 0 N–H and O–H groups in total. The van der Waals surface area contributed by atoms with Crippen LogP contribution < -0.4 is 4.74 Å². The standard InChI is InChI=1S/C30H39ClFNO3S/c1-2-3-4-5-6-7-8-9-29(34)35-19-18-33-16-14-22(15-17-33)30-25-20-23(31)10-13-27(25)37-28-21-24(32)11-12-26(28)36-30/h10-13,20-22,30H,2-9,14-19H2,1H3. The van der Waals surface area contributed by atoms with Crippen molar-refractivity contribution in [1.82, 2.24) is 4.90 Å². The highest BCUT2D eigenvalue weighted by atomic mass is 35.5. The lowest BCUT2D eigenvalue weighted by molar-refractivity contribution is -0.144. The van der Waals surface area contributed by atoms with Crippen molar-refractivity contribution in [2.45, 2.75) is 87.0 Å². The number of carbonyl (C=O) groups is 1. The molecule has 0 spiro atoms. The van der Waals surface area contributed by atoms with Gasteiger partial charge in [0.2, 0.25) is 0 Å². The van der Waals surface area contributed by atoms with Crippen molar-refractivity contribution in [3.8, 4) is 5.75 Å². The molecule has 2 aromatic carbocycles. The number of halogens is 2. The second-order valence-electron chi connectivity index (χ2n) is 10.2. The summed E-state index contributed by atoms with van der Waals surface area (Å²) in [6, 6.07) is 10.6. The topological polar surface area (TPSA) is 38.8 Å². The quantitative estimate of drug-likeness (QED) is 0.197. The zero-order valence-electron chi connectivity index (χ0n) is 21.9. The van der Waals surface area contributed by atoms with E-state index in [4.69, 9.17) is 21.1 Å². The fourth-order valence-corrected chi connectivity index (χ4v) is 6.46. The SMILES string of the molecule is CCCCCCCCCC(=O)OCCN1CCC(C2Oc3ccc(F)cc3Sc3ccc(Cl)cc32)CC1. The van der Waals surface area contributed by atoms with Crippen LogP contribution in [0.25, 0.3) is 0 Å². The molecule has 4 nitrogen and oxygen atoms in total. The molecular weight excluding hydrogens is 509 g/mol. The number of carbonyl (C=O) groups excluding carboxylic acids is 1. The van der Waals surface area contributed by atoms with Crippen LogP contribution in [0, 0.1) is 11.7 Å². The summed E-state index contributed by atoms with van der Waals surface area (Å²) >= 11 is 7.90. The van der Waals surface area contributed by atoms with Crippen molar-refractivity contribution in [1.29, 1.82) is 0 Å². The number of unbranched alkanes of at least 4 members (excludes halogenated alkanes) is 6. The van der Waals surface area contributed by atoms with Gasteiger partial charge in [0.05, 0.1) is 4.90 Å². The third kappa shape index (κ3) is 8.36. The molecule has 0 bridgehead atoms. The van der Waals surface area contributed by atoms with Crippen LogP contribution in [0.4, 0.5) is 4.39 Å². The first-order valence-corrected chi connectivity index (χ1v) is 15.0. The lowest BCUT2D eigenvalue weighted by Gasteiger charge is -2.36. The van der Waals surface area contributed by atoms with Crippen molar-refractivity contribution < 1.29 is 18.7 Å². The van der Waals surface area contributed by atoms with Gasteiger partial charge in [0.15, 0.2) is 0 Å². The number of piperidine rings is 1. The number of rotatable bonds is 12. The molecule has 2 heterocycles. The van der Waals surface area contributed by atoms with E-state index >= 15 is 0 Å². The molecule has 2 aliphatic heterocycles. The summed E-state index contributed by atoms with van der Waals surface area (Å²) in [5.41, 5.74) is 1.08. The molecule has 202 valence electrons. The van der Waals surface area contributed by atoms with Crippen molar-refractivity contribution in [3.63, 3.8) is 0 Å². The zero-order chi connectivity index (χ0) is 26.0. The molecule has 0 aromatic heterocycles. The van der Waals surface area contributed by atoms with Crippen molar-refractivity contribution >= 4 is 29.3 Å². The van der Waals surface area contributed by atoms with Crippen LogP contribution in [0.1, 0.15) is 82.8 Å². The smallest absolute Gasteiger partial charge is 0.305 e. The van der Waals surface area contributed by atoms with E-state index in [1.54, 1.807) is 6.07 Å². The molecule has 0 radical (unpaired) electrons. The predicted molar refractivity (Wildman–Crippen MR) is 148 cm³/mol. The van der Waals surface area contributed by atoms with Crippen LogP contribution >= 0.6 is 23.4 Å². The van der Waals surface area contributed by atoms with E-state index in [1.165, 1.54) is 56.0 Å². The van der Waals surface area contributed by atoms with Gasteiger partial charge in [0, 0.05) is 34.4 Å². The number of hydrogen-bond donors (Lipinski definition) is 0. The highest BCUT2D eigenvalue weighted by Crippen LogP contribution is 2.48. The Kier molecular flexibility index (Phi) is 11.0. The minimum absolute atomic E-state index is 0.0728. The number of fused-ring (bicyclic) bond motifs is 2. The number of ether oxygens (including phenoxy) is 2. The van der Waals surface area contributed by atoms with Gasteiger partial charge in [-0.25, -0.2) is 4.39 Å². The van der Waals surface area contributed by atoms with Gasteiger partial charge in [-0.3, -0.25) is 9.69 Å². The first-order chi connectivity index (χ1) is 18.0. The van der Waals surface area contributed by atoms with Crippen LogP contribution in [-0.2, 0) is 9.53 Å². The van der Waals surface area contributed by atoms with E-state index in [9.17, 15) is 9.18 Å². The Morgan fingerprint density at radius 3 is 2.59 bits per heavy atom. The number of hydrogen-bond acceptors (Lipinski definition) is 5. The predicted octanol–water partition coefficient (Wildman–Crippen LogP) is 8.46. The normalized spacial score (nSPS) is 18.0. The first-order valence-electron chi connectivity index (χ1n) is 13.8. The Hall–Kier alpha value is -1.76. The molecule has 2 aromatic rings. The molecule has 4 rings (SSSR count). The molecule has 0 amide bonds. The second-order valence-corrected chi connectivity index (χ2v) is 11.7. The summed E-state index contributed by atoms with van der Waals surface area (Å²) in [6.45, 7) is 5.30. The van der Waals surface area contributed by atoms with Gasteiger partial charge in [0.1, 0.15) is 24.3 Å². The highest BCUT2D eigenvalue weighted by molar-refractivity contribution is 7.99. The van der Waals surface area contributed by atoms with E-state index in [0.717, 1.165) is 66.4 Å². The average Bonchev–Trinajstić information content (AvgIpc) is 3.05. The van der Waals surface area contributed by atoms with Crippen molar-refractivity contribution in [2.24, 2.45) is 5.92 Å². The minimum atomic E-state index is -0.264. The maximum absolute atomic E-state index is 13.9. The third-order valence-electron chi connectivity index (χ3n) is 7.37. The molecular formula is C30H39ClFNO3S. The molecule has 7 heteroatoms. The number of benzene rings is 2. The molecule has 37 heavy (non-hydrogen) atoms. The van der Waals surface area contributed by atoms with Gasteiger partial charge in [0.25, 0.3) is 0 Å². The van der Waals surface area contributed by atoms with E-state index in [-0.39, 0.29) is 17.9 Å². The van der Waals surface area contributed by atoms with Gasteiger partial charge in [-0.1, -0.05) is 68.8 Å². The largest absolute Gasteiger partial charge is 0.484 e. The molecule has 0 aliphatic carbocycles. The van der Waals surface area contributed by atoms with Gasteiger partial charge >= 0.3 is 5.97 Å². The Bertz CT molecular complexity index is 1030. The Labute approximate surface area is 230 Å². The summed E-state index contributed by atoms with van der Waals surface area (Å²) in [4.78, 5) is 16.3. The maximum Gasteiger partial charge on any atom is 0.305 e. The van der Waals surface area contributed by atoms with E-state index in [2.05, 4.69) is 11.8 Å². The molecule has 1 saturated heterocycles. The fraction of sp³-hybridized carbons (Fsp3) is 0.567. The van der Waals surface area contributed by atoms with Gasteiger partial charge in [-0.05, 0) is 68.8 Å². The summed E-state index contributed by atoms with van der Waals surface area (Å²) in [5.74, 6) is 0.709. The van der Waals surface area contributed by atoms with Crippen LogP contribution in [0.2, 0.25) is 5.02 Å². The van der Waals surface area contributed by atoms with Crippen molar-refractivity contribution in [2.75, 3.05) is 26.2 Å². The molecule has 1 atom stereocenters. The summed E-state index contributed by atoms with van der Waals surface area (Å²) < 4.78 is 25.9.